The van der Waals surface area contributed by atoms with E-state index in [-0.39, 0.29) is 56.5 Å². The zero-order valence-corrected chi connectivity index (χ0v) is 56.1. The largest absolute Gasteiger partial charge is 0.478 e. The van der Waals surface area contributed by atoms with Crippen molar-refractivity contribution in [2.75, 3.05) is 45.9 Å². The van der Waals surface area contributed by atoms with E-state index in [1.54, 1.807) is 84.9 Å². The Hall–Kier alpha value is -13.7. The molecule has 0 fully saturated rings. The maximum Gasteiger partial charge on any atom is 0.335 e. The van der Waals surface area contributed by atoms with Gasteiger partial charge in [0, 0.05) is 60.1 Å². The Bertz CT molecular complexity index is 3940. The molecule has 24 N–H and O–H groups in total. The molecule has 0 bridgehead atoms. The van der Waals surface area contributed by atoms with Crippen LogP contribution >= 0.6 is 0 Å². The van der Waals surface area contributed by atoms with Gasteiger partial charge in [-0.1, -0.05) is 82.3 Å². The summed E-state index contributed by atoms with van der Waals surface area (Å²) in [6.45, 7) is 7.83. The van der Waals surface area contributed by atoms with Gasteiger partial charge >= 0.3 is 47.8 Å². The van der Waals surface area contributed by atoms with E-state index in [0.717, 1.165) is 56.1 Å². The molecule has 0 amide bonds. The number of aliphatic carboxylic acids is 2. The van der Waals surface area contributed by atoms with Crippen molar-refractivity contribution in [2.24, 2.45) is 0 Å². The molecule has 0 aliphatic rings. The fourth-order valence-corrected chi connectivity index (χ4v) is 8.08. The number of ketones is 4. The molecular weight excluding hydrogens is 1320 g/mol. The average molecular weight is 1400 g/mol. The number of carbonyl (C=O) groups is 12. The summed E-state index contributed by atoms with van der Waals surface area (Å²) in [7, 11) is 0. The van der Waals surface area contributed by atoms with E-state index in [2.05, 4.69) is 0 Å². The van der Waals surface area contributed by atoms with Crippen LogP contribution in [0.25, 0.3) is 10.8 Å². The van der Waals surface area contributed by atoms with Gasteiger partial charge in [0.2, 0.25) is 0 Å². The second-order valence-corrected chi connectivity index (χ2v) is 21.1. The molecule has 0 heterocycles. The number of fused-ring (bicyclic) bond motifs is 1. The first-order chi connectivity index (χ1) is 48.1. The molecule has 0 atom stereocenters. The molecule has 0 unspecified atom stereocenters. The highest BCUT2D eigenvalue weighted by molar-refractivity contribution is 6.05. The third-order valence-corrected chi connectivity index (χ3v) is 13.3. The van der Waals surface area contributed by atoms with E-state index in [1.165, 1.54) is 66.7 Å². The number of nitrogens with two attached hydrogens (primary N) is 8. The molecule has 28 heteroatoms. The van der Waals surface area contributed by atoms with Crippen molar-refractivity contribution in [1.29, 1.82) is 0 Å². The number of carbonyl (C=O) groups excluding carboxylic acids is 4. The summed E-state index contributed by atoms with van der Waals surface area (Å²) < 4.78 is 0. The van der Waals surface area contributed by atoms with Gasteiger partial charge in [0.05, 0.1) is 78.9 Å². The predicted octanol–water partition coefficient (Wildman–Crippen LogP) is 12.0. The first-order valence-corrected chi connectivity index (χ1v) is 30.7. The van der Waals surface area contributed by atoms with Crippen LogP contribution in [0.1, 0.15) is 183 Å². The first kappa shape index (κ1) is 86.4. The van der Waals surface area contributed by atoms with Crippen molar-refractivity contribution < 1.29 is 98.4 Å². The Kier molecular flexibility index (Phi) is 38.1. The summed E-state index contributed by atoms with van der Waals surface area (Å²) in [5.41, 5.74) is 51.2. The molecule has 0 radical (unpaired) electrons. The van der Waals surface area contributed by atoms with E-state index < -0.39 is 47.8 Å². The molecule has 102 heavy (non-hydrogen) atoms. The minimum Gasteiger partial charge on any atom is -0.478 e. The molecule has 0 aliphatic carbocycles. The number of hydrogen-bond acceptors (Lipinski definition) is 20. The van der Waals surface area contributed by atoms with Gasteiger partial charge in [-0.2, -0.15) is 0 Å². The Labute approximate surface area is 585 Å². The second kappa shape index (κ2) is 45.0. The third kappa shape index (κ3) is 30.6. The Morgan fingerprint density at radius 3 is 0.686 bits per heavy atom. The quantitative estimate of drug-likeness (QED) is 0.0137. The highest BCUT2D eigenvalue weighted by Crippen LogP contribution is 2.25. The summed E-state index contributed by atoms with van der Waals surface area (Å²) in [6.07, 6.45) is 9.36. The van der Waals surface area contributed by atoms with Gasteiger partial charge in [-0.3, -0.25) is 19.2 Å². The molecule has 538 valence electrons. The molecule has 8 rings (SSSR count). The smallest absolute Gasteiger partial charge is 0.335 e. The number of carboxylic acids is 8. The van der Waals surface area contributed by atoms with E-state index in [1.807, 2.05) is 27.7 Å². The van der Waals surface area contributed by atoms with Gasteiger partial charge in [-0.15, -0.1) is 0 Å². The lowest BCUT2D eigenvalue weighted by atomic mass is 10.0. The molecule has 0 spiro atoms. The number of rotatable bonds is 21. The minimum absolute atomic E-state index is 0.0186. The molecule has 28 nitrogen and oxygen atoms in total. The zero-order chi connectivity index (χ0) is 77.3. The van der Waals surface area contributed by atoms with Crippen molar-refractivity contribution in [3.63, 3.8) is 0 Å². The molecule has 0 saturated carbocycles. The maximum absolute atomic E-state index is 11.5. The lowest BCUT2D eigenvalue weighted by molar-refractivity contribution is -0.132. The van der Waals surface area contributed by atoms with Crippen LogP contribution in [-0.4, -0.2) is 112 Å². The number of nitrogen functional groups attached to an aromatic ring is 8. The summed E-state index contributed by atoms with van der Waals surface area (Å²) in [5, 5.41) is 69.0. The standard InChI is InChI=1S/C12H8O4.4C10H14N2O.2C8H6O4.C6H6O4/c13-11(14)9-3-1-7-5-10(12(15)16)4-2-8(7)6-9;4*1-2-4-9(13)7-5-3-6-8(11)10(7)12;9-7(10)5-1-2-6(4-3-5)8(11)12;9-7(10)5-2-1-3-6(4-5)8(11)12;7-5(8)3-1-2-4-6(9)10/h1-6H,(H,13,14)(H,15,16);4*3,5-6H,2,4,11-12H2,1H3;2*1-4H,(H,9,10)(H,11,12);1-4H,(H,7,8)(H,9,10). The van der Waals surface area contributed by atoms with Gasteiger partial charge in [0.1, 0.15) is 0 Å². The highest BCUT2D eigenvalue weighted by Gasteiger charge is 2.14. The number of aromatic carboxylic acids is 6. The highest BCUT2D eigenvalue weighted by atomic mass is 16.4. The molecule has 0 aromatic heterocycles. The number of Topliss-reactive ketones (excluding diaryl/α,β-unsaturated/α-hetero) is 4. The predicted molar refractivity (Wildman–Crippen MR) is 390 cm³/mol. The zero-order valence-electron chi connectivity index (χ0n) is 56.1. The van der Waals surface area contributed by atoms with Crippen molar-refractivity contribution in [2.45, 2.75) is 79.1 Å². The van der Waals surface area contributed by atoms with Crippen LogP contribution in [0.5, 0.6) is 0 Å². The number of para-hydroxylation sites is 4. The summed E-state index contributed by atoms with van der Waals surface area (Å²) in [4.78, 5) is 128. The van der Waals surface area contributed by atoms with Crippen LogP contribution in [0.3, 0.4) is 0 Å². The first-order valence-electron chi connectivity index (χ1n) is 30.7. The second-order valence-electron chi connectivity index (χ2n) is 21.1. The van der Waals surface area contributed by atoms with Crippen LogP contribution in [0.4, 0.5) is 45.5 Å². The van der Waals surface area contributed by atoms with Gasteiger partial charge in [0.15, 0.2) is 23.1 Å². The van der Waals surface area contributed by atoms with Crippen LogP contribution in [0.2, 0.25) is 0 Å². The fourth-order valence-electron chi connectivity index (χ4n) is 8.08. The molecular formula is C74H82N8O20. The summed E-state index contributed by atoms with van der Waals surface area (Å²) >= 11 is 0. The molecule has 0 saturated heterocycles. The minimum atomic E-state index is -1.13. The SMILES string of the molecule is CCCC(=O)c1cccc(N)c1N.CCCC(=O)c1cccc(N)c1N.CCCC(=O)c1cccc(N)c1N.CCCC(=O)c1cccc(N)c1N.O=C(O)C=CC=CC(=O)O.O=C(O)c1ccc(C(=O)O)cc1.O=C(O)c1ccc2cc(C(=O)O)ccc2c1.O=C(O)c1cccc(C(=O)O)c1. The van der Waals surface area contributed by atoms with Crippen molar-refractivity contribution in [3.05, 3.63) is 238 Å². The van der Waals surface area contributed by atoms with E-state index in [4.69, 9.17) is 86.7 Å². The lowest BCUT2D eigenvalue weighted by Crippen LogP contribution is -2.05. The van der Waals surface area contributed by atoms with Gasteiger partial charge in [0.25, 0.3) is 0 Å². The number of benzene rings is 8. The third-order valence-electron chi connectivity index (χ3n) is 13.3. The van der Waals surface area contributed by atoms with E-state index >= 15 is 0 Å². The van der Waals surface area contributed by atoms with Crippen molar-refractivity contribution in [1.82, 2.24) is 0 Å². The van der Waals surface area contributed by atoms with E-state index in [9.17, 15) is 57.5 Å². The van der Waals surface area contributed by atoms with Gasteiger partial charge < -0.3 is 86.7 Å². The normalized spacial score (nSPS) is 9.92. The van der Waals surface area contributed by atoms with Crippen LogP contribution in [0, 0.1) is 0 Å². The number of allylic oxidation sites excluding steroid dienone is 2. The van der Waals surface area contributed by atoms with Crippen LogP contribution in [0.15, 0.2) is 182 Å². The van der Waals surface area contributed by atoms with Crippen molar-refractivity contribution >= 4 is 127 Å². The lowest BCUT2D eigenvalue weighted by Gasteiger charge is -2.05. The Balaban J connectivity index is 0.000000585. The fraction of sp³-hybridized carbons (Fsp3) is 0.162. The Morgan fingerprint density at radius 2 is 0.480 bits per heavy atom. The van der Waals surface area contributed by atoms with Gasteiger partial charge in [-0.25, -0.2) is 38.4 Å². The van der Waals surface area contributed by atoms with Crippen LogP contribution in [-0.2, 0) is 9.59 Å². The Morgan fingerprint density at radius 1 is 0.275 bits per heavy atom. The van der Waals surface area contributed by atoms with Gasteiger partial charge in [-0.05, 0) is 152 Å². The number of carboxylic acid groups (broad SMARTS) is 8. The van der Waals surface area contributed by atoms with Crippen molar-refractivity contribution in [3.8, 4) is 0 Å². The maximum atomic E-state index is 11.5. The molecule has 8 aromatic carbocycles. The van der Waals surface area contributed by atoms with E-state index in [0.29, 0.717) is 104 Å². The summed E-state index contributed by atoms with van der Waals surface area (Å²) in [6, 6.07) is 40.0. The number of anilines is 8. The summed E-state index contributed by atoms with van der Waals surface area (Å²) in [5.74, 6) is -8.33. The van der Waals surface area contributed by atoms with Crippen LogP contribution < -0.4 is 45.9 Å². The monoisotopic (exact) mass is 1400 g/mol. The molecule has 8 aromatic rings. The molecule has 0 aliphatic heterocycles. The topological polar surface area (TPSA) is 575 Å². The number of hydrogen-bond donors (Lipinski definition) is 16. The average Bonchev–Trinajstić information content (AvgIpc) is 0.842.